The number of aromatic nitrogens is 4. The topological polar surface area (TPSA) is 93.8 Å². The van der Waals surface area contributed by atoms with Gasteiger partial charge in [0, 0.05) is 49.7 Å². The molecule has 0 spiro atoms. The van der Waals surface area contributed by atoms with Crippen LogP contribution in [0.2, 0.25) is 0 Å². The van der Waals surface area contributed by atoms with Gasteiger partial charge in [0.25, 0.3) is 0 Å². The molecule has 0 aliphatic rings. The number of nitrogens with zero attached hydrogens (tertiary/aromatic N) is 4. The van der Waals surface area contributed by atoms with Crippen LogP contribution in [-0.2, 0) is 22.7 Å². The van der Waals surface area contributed by atoms with Crippen LogP contribution in [0, 0.1) is 27.7 Å². The van der Waals surface area contributed by atoms with Crippen LogP contribution in [0.3, 0.4) is 0 Å². The second-order valence-electron chi connectivity index (χ2n) is 7.31. The number of amides is 2. The minimum atomic E-state index is -0.182. The third-order valence-corrected chi connectivity index (χ3v) is 4.50. The van der Waals surface area contributed by atoms with E-state index in [0.717, 1.165) is 48.7 Å². The summed E-state index contributed by atoms with van der Waals surface area (Å²) in [5, 5.41) is 14.4. The summed E-state index contributed by atoms with van der Waals surface area (Å²) in [6.45, 7) is 10.6. The van der Waals surface area contributed by atoms with Crippen LogP contribution in [0.4, 0.5) is 0 Å². The average molecular weight is 413 g/mol. The Morgan fingerprint density at radius 2 is 1.20 bits per heavy atom. The van der Waals surface area contributed by atoms with E-state index in [4.69, 9.17) is 0 Å². The molecule has 8 heteroatoms. The maximum absolute atomic E-state index is 11.8. The van der Waals surface area contributed by atoms with E-state index in [2.05, 4.69) is 20.8 Å². The van der Waals surface area contributed by atoms with Crippen LogP contribution >= 0.6 is 0 Å². The molecule has 2 amide bonds. The van der Waals surface area contributed by atoms with Crippen molar-refractivity contribution in [1.29, 1.82) is 0 Å². The highest BCUT2D eigenvalue weighted by atomic mass is 16.2. The smallest absolute Gasteiger partial charge is 0.243 e. The molecule has 2 N–H and O–H groups in total. The molecule has 0 aromatic carbocycles. The zero-order chi connectivity index (χ0) is 21.9. The van der Waals surface area contributed by atoms with E-state index >= 15 is 0 Å². The summed E-state index contributed by atoms with van der Waals surface area (Å²) >= 11 is 0. The normalized spacial score (nSPS) is 11.5. The Hall–Kier alpha value is -3.16. The minimum Gasteiger partial charge on any atom is -0.352 e. The van der Waals surface area contributed by atoms with Crippen LogP contribution in [0.25, 0.3) is 0 Å². The SMILES string of the molecule is Cc1cc(C)n(CCCNC(=O)/C=C/C=C/C(=O)NCCCn2nc(C)cc2C)n1. The predicted octanol–water partition coefficient (Wildman–Crippen LogP) is 2.14. The number of hydrogen-bond donors (Lipinski definition) is 2. The molecule has 2 aromatic heterocycles. The lowest BCUT2D eigenvalue weighted by molar-refractivity contribution is -0.117. The van der Waals surface area contributed by atoms with Crippen molar-refractivity contribution in [3.8, 4) is 0 Å². The van der Waals surface area contributed by atoms with Gasteiger partial charge < -0.3 is 10.6 Å². The van der Waals surface area contributed by atoms with Crippen molar-refractivity contribution in [3.05, 3.63) is 59.2 Å². The quantitative estimate of drug-likeness (QED) is 0.336. The fourth-order valence-corrected chi connectivity index (χ4v) is 3.09. The van der Waals surface area contributed by atoms with Gasteiger partial charge in [-0.25, -0.2) is 0 Å². The maximum atomic E-state index is 11.8. The van der Waals surface area contributed by atoms with Gasteiger partial charge in [0.15, 0.2) is 0 Å². The van der Waals surface area contributed by atoms with Gasteiger partial charge in [-0.3, -0.25) is 19.0 Å². The fraction of sp³-hybridized carbons (Fsp3) is 0.455. The summed E-state index contributed by atoms with van der Waals surface area (Å²) in [6.07, 6.45) is 7.55. The highest BCUT2D eigenvalue weighted by molar-refractivity contribution is 5.89. The van der Waals surface area contributed by atoms with E-state index in [9.17, 15) is 9.59 Å². The molecular formula is C22H32N6O2. The Balaban J connectivity index is 1.55. The van der Waals surface area contributed by atoms with Gasteiger partial charge in [-0.2, -0.15) is 10.2 Å². The molecule has 2 heterocycles. The fourth-order valence-electron chi connectivity index (χ4n) is 3.09. The van der Waals surface area contributed by atoms with Crippen LogP contribution in [-0.4, -0.2) is 44.5 Å². The number of allylic oxidation sites excluding steroid dienone is 2. The van der Waals surface area contributed by atoms with Crippen LogP contribution in [0.5, 0.6) is 0 Å². The number of nitrogens with one attached hydrogen (secondary N) is 2. The van der Waals surface area contributed by atoms with Crippen molar-refractivity contribution in [2.45, 2.75) is 53.6 Å². The number of carbonyl (C=O) groups excluding carboxylic acids is 2. The van der Waals surface area contributed by atoms with Gasteiger partial charge in [0.2, 0.25) is 11.8 Å². The number of aryl methyl sites for hydroxylation is 6. The van der Waals surface area contributed by atoms with Gasteiger partial charge in [-0.1, -0.05) is 12.2 Å². The lowest BCUT2D eigenvalue weighted by atomic mass is 10.3. The Morgan fingerprint density at radius 3 is 1.53 bits per heavy atom. The largest absolute Gasteiger partial charge is 0.352 e. The first-order valence-electron chi connectivity index (χ1n) is 10.3. The number of hydrogen-bond acceptors (Lipinski definition) is 4. The Labute approximate surface area is 178 Å². The monoisotopic (exact) mass is 412 g/mol. The Bertz CT molecular complexity index is 833. The zero-order valence-corrected chi connectivity index (χ0v) is 18.3. The third-order valence-electron chi connectivity index (χ3n) is 4.50. The highest BCUT2D eigenvalue weighted by Crippen LogP contribution is 2.03. The lowest BCUT2D eigenvalue weighted by Crippen LogP contribution is -2.23. The maximum Gasteiger partial charge on any atom is 0.243 e. The molecule has 30 heavy (non-hydrogen) atoms. The van der Waals surface area contributed by atoms with Crippen molar-refractivity contribution < 1.29 is 9.59 Å². The van der Waals surface area contributed by atoms with E-state index in [0.29, 0.717) is 13.1 Å². The zero-order valence-electron chi connectivity index (χ0n) is 18.3. The van der Waals surface area contributed by atoms with E-state index in [-0.39, 0.29) is 11.8 Å². The summed E-state index contributed by atoms with van der Waals surface area (Å²) < 4.78 is 3.88. The summed E-state index contributed by atoms with van der Waals surface area (Å²) in [5.41, 5.74) is 4.24. The summed E-state index contributed by atoms with van der Waals surface area (Å²) in [4.78, 5) is 23.6. The number of carbonyl (C=O) groups is 2. The molecule has 162 valence electrons. The molecule has 0 radical (unpaired) electrons. The van der Waals surface area contributed by atoms with Gasteiger partial charge >= 0.3 is 0 Å². The molecule has 0 bridgehead atoms. The van der Waals surface area contributed by atoms with Crippen LogP contribution in [0.1, 0.15) is 35.6 Å². The molecule has 0 atom stereocenters. The van der Waals surface area contributed by atoms with Gasteiger partial charge in [0.05, 0.1) is 11.4 Å². The third kappa shape index (κ3) is 8.06. The summed E-state index contributed by atoms with van der Waals surface area (Å²) in [6, 6.07) is 4.07. The van der Waals surface area contributed by atoms with Crippen molar-refractivity contribution in [3.63, 3.8) is 0 Å². The van der Waals surface area contributed by atoms with Gasteiger partial charge in [-0.15, -0.1) is 0 Å². The molecule has 0 aliphatic carbocycles. The van der Waals surface area contributed by atoms with Gasteiger partial charge in [-0.05, 0) is 52.7 Å². The predicted molar refractivity (Wildman–Crippen MR) is 117 cm³/mol. The molecule has 0 fully saturated rings. The molecule has 2 aromatic rings. The molecule has 0 saturated heterocycles. The minimum absolute atomic E-state index is 0.182. The molecule has 8 nitrogen and oxygen atoms in total. The molecule has 0 unspecified atom stereocenters. The Kier molecular flexibility index (Phi) is 9.05. The standard InChI is InChI=1S/C22H32N6O2/c1-17-15-19(3)27(25-17)13-7-11-23-21(29)9-5-6-10-22(30)24-12-8-14-28-20(4)16-18(2)26-28/h5-6,9-10,15-16H,7-8,11-14H2,1-4H3,(H,23,29)(H,24,30)/b9-5+,10-6+. The van der Waals surface area contributed by atoms with Crippen LogP contribution < -0.4 is 10.6 Å². The van der Waals surface area contributed by atoms with E-state index in [1.165, 1.54) is 12.2 Å². The summed E-state index contributed by atoms with van der Waals surface area (Å²) in [7, 11) is 0. The second kappa shape index (κ2) is 11.7. The lowest BCUT2D eigenvalue weighted by Gasteiger charge is -2.05. The van der Waals surface area contributed by atoms with E-state index < -0.39 is 0 Å². The molecule has 0 saturated carbocycles. The van der Waals surface area contributed by atoms with Crippen molar-refractivity contribution in [2.24, 2.45) is 0 Å². The highest BCUT2D eigenvalue weighted by Gasteiger charge is 2.02. The molecule has 0 aliphatic heterocycles. The van der Waals surface area contributed by atoms with Crippen molar-refractivity contribution in [1.82, 2.24) is 30.2 Å². The average Bonchev–Trinajstić information content (AvgIpc) is 3.18. The van der Waals surface area contributed by atoms with E-state index in [1.54, 1.807) is 12.2 Å². The first kappa shape index (κ1) is 23.1. The van der Waals surface area contributed by atoms with Crippen molar-refractivity contribution >= 4 is 11.8 Å². The van der Waals surface area contributed by atoms with Crippen LogP contribution in [0.15, 0.2) is 36.4 Å². The second-order valence-corrected chi connectivity index (χ2v) is 7.31. The summed E-state index contributed by atoms with van der Waals surface area (Å²) in [5.74, 6) is -0.364. The first-order valence-corrected chi connectivity index (χ1v) is 10.3. The van der Waals surface area contributed by atoms with Gasteiger partial charge in [0.1, 0.15) is 0 Å². The molecular weight excluding hydrogens is 380 g/mol. The Morgan fingerprint density at radius 1 is 0.800 bits per heavy atom. The molecule has 2 rings (SSSR count). The number of rotatable bonds is 11. The first-order chi connectivity index (χ1) is 14.3. The van der Waals surface area contributed by atoms with E-state index in [1.807, 2.05) is 49.2 Å². The van der Waals surface area contributed by atoms with Crippen molar-refractivity contribution in [2.75, 3.05) is 13.1 Å².